The van der Waals surface area contributed by atoms with Gasteiger partial charge in [0.25, 0.3) is 0 Å². The Morgan fingerprint density at radius 3 is 2.35 bits per heavy atom. The van der Waals surface area contributed by atoms with Crippen molar-refractivity contribution in [3.63, 3.8) is 0 Å². The van der Waals surface area contributed by atoms with E-state index in [0.29, 0.717) is 0 Å². The quantitative estimate of drug-likeness (QED) is 0.663. The third kappa shape index (κ3) is 5.91. The summed E-state index contributed by atoms with van der Waals surface area (Å²) < 4.78 is 6.26. The van der Waals surface area contributed by atoms with Crippen molar-refractivity contribution in [1.82, 2.24) is 0 Å². The number of anilines is 1. The molecule has 0 aromatic heterocycles. The van der Waals surface area contributed by atoms with Gasteiger partial charge in [0, 0.05) is 10.1 Å². The number of benzene rings is 1. The molecule has 1 aromatic carbocycles. The van der Waals surface area contributed by atoms with Crippen molar-refractivity contribution in [3.05, 3.63) is 29.8 Å². The standard InChI is InChI=1S/C13H18INO2/c1-13(2,3)17-12(16)15-11-6-4-10(5-7-11)8-9-14/h4-7H,8-9H2,1-3H3,(H,15,16). The number of hydrogen-bond donors (Lipinski definition) is 1. The van der Waals surface area contributed by atoms with Gasteiger partial charge in [-0.05, 0) is 44.9 Å². The number of nitrogens with one attached hydrogen (secondary N) is 1. The summed E-state index contributed by atoms with van der Waals surface area (Å²) in [5.41, 5.74) is 1.57. The van der Waals surface area contributed by atoms with Crippen LogP contribution in [0.4, 0.5) is 10.5 Å². The Balaban J connectivity index is 2.54. The van der Waals surface area contributed by atoms with Crippen LogP contribution in [0.25, 0.3) is 0 Å². The van der Waals surface area contributed by atoms with Crippen LogP contribution in [-0.2, 0) is 11.2 Å². The molecule has 0 heterocycles. The average Bonchev–Trinajstić information content (AvgIpc) is 2.18. The number of alkyl halides is 1. The zero-order valence-electron chi connectivity index (χ0n) is 10.4. The van der Waals surface area contributed by atoms with Crippen LogP contribution < -0.4 is 5.32 Å². The second kappa shape index (κ2) is 6.23. The molecule has 0 fully saturated rings. The van der Waals surface area contributed by atoms with E-state index in [4.69, 9.17) is 4.74 Å². The molecule has 0 aliphatic heterocycles. The molecule has 0 atom stereocenters. The van der Waals surface area contributed by atoms with E-state index >= 15 is 0 Å². The molecule has 1 rings (SSSR count). The predicted octanol–water partition coefficient (Wildman–Crippen LogP) is 4.01. The highest BCUT2D eigenvalue weighted by atomic mass is 127. The second-order valence-electron chi connectivity index (χ2n) is 4.76. The summed E-state index contributed by atoms with van der Waals surface area (Å²) in [6, 6.07) is 7.83. The van der Waals surface area contributed by atoms with Crippen LogP contribution in [0.1, 0.15) is 26.3 Å². The van der Waals surface area contributed by atoms with Crippen LogP contribution in [0.5, 0.6) is 0 Å². The minimum absolute atomic E-state index is 0.417. The minimum Gasteiger partial charge on any atom is -0.444 e. The first-order valence-electron chi connectivity index (χ1n) is 5.55. The fraction of sp³-hybridized carbons (Fsp3) is 0.462. The highest BCUT2D eigenvalue weighted by Crippen LogP contribution is 2.13. The zero-order chi connectivity index (χ0) is 12.9. The summed E-state index contributed by atoms with van der Waals surface area (Å²) in [5.74, 6) is 0. The van der Waals surface area contributed by atoms with Gasteiger partial charge in [0.1, 0.15) is 5.60 Å². The molecular weight excluding hydrogens is 329 g/mol. The summed E-state index contributed by atoms with van der Waals surface area (Å²) >= 11 is 2.34. The maximum atomic E-state index is 11.5. The molecule has 17 heavy (non-hydrogen) atoms. The topological polar surface area (TPSA) is 38.3 Å². The van der Waals surface area contributed by atoms with E-state index in [9.17, 15) is 4.79 Å². The molecule has 94 valence electrons. The normalized spacial score (nSPS) is 11.1. The average molecular weight is 347 g/mol. The minimum atomic E-state index is -0.467. The fourth-order valence-electron chi connectivity index (χ4n) is 1.29. The Bertz CT molecular complexity index is 368. The lowest BCUT2D eigenvalue weighted by molar-refractivity contribution is 0.0636. The van der Waals surface area contributed by atoms with Gasteiger partial charge in [0.15, 0.2) is 0 Å². The number of carbonyl (C=O) groups excluding carboxylic acids is 1. The molecule has 0 aliphatic rings. The monoisotopic (exact) mass is 347 g/mol. The number of halogens is 1. The van der Waals surface area contributed by atoms with Gasteiger partial charge in [-0.3, -0.25) is 5.32 Å². The molecule has 0 spiro atoms. The molecule has 0 saturated carbocycles. The van der Waals surface area contributed by atoms with Gasteiger partial charge in [-0.2, -0.15) is 0 Å². The largest absolute Gasteiger partial charge is 0.444 e. The molecule has 1 N–H and O–H groups in total. The van der Waals surface area contributed by atoms with Gasteiger partial charge in [-0.1, -0.05) is 34.7 Å². The molecule has 0 aliphatic carbocycles. The van der Waals surface area contributed by atoms with Crippen molar-refractivity contribution in [2.45, 2.75) is 32.8 Å². The van der Waals surface area contributed by atoms with Crippen LogP contribution in [0, 0.1) is 0 Å². The Hall–Kier alpha value is -0.780. The number of ether oxygens (including phenoxy) is 1. The molecule has 0 bridgehead atoms. The van der Waals surface area contributed by atoms with Crippen LogP contribution in [-0.4, -0.2) is 16.1 Å². The van der Waals surface area contributed by atoms with Gasteiger partial charge in [0.05, 0.1) is 0 Å². The van der Waals surface area contributed by atoms with E-state index in [2.05, 4.69) is 27.9 Å². The molecule has 4 heteroatoms. The lowest BCUT2D eigenvalue weighted by Crippen LogP contribution is -2.27. The van der Waals surface area contributed by atoms with E-state index in [1.165, 1.54) is 5.56 Å². The second-order valence-corrected chi connectivity index (χ2v) is 5.84. The first-order chi connectivity index (χ1) is 7.90. The third-order valence-electron chi connectivity index (χ3n) is 1.98. The summed E-state index contributed by atoms with van der Waals surface area (Å²) in [6.07, 6.45) is 0.631. The van der Waals surface area contributed by atoms with Gasteiger partial charge >= 0.3 is 6.09 Å². The highest BCUT2D eigenvalue weighted by molar-refractivity contribution is 14.1. The fourth-order valence-corrected chi connectivity index (χ4v) is 1.91. The van der Waals surface area contributed by atoms with E-state index in [1.807, 2.05) is 45.0 Å². The van der Waals surface area contributed by atoms with Crippen molar-refractivity contribution in [2.75, 3.05) is 9.74 Å². The molecule has 0 unspecified atom stereocenters. The molecule has 1 amide bonds. The smallest absolute Gasteiger partial charge is 0.412 e. The van der Waals surface area contributed by atoms with E-state index in [1.54, 1.807) is 0 Å². The number of amides is 1. The maximum Gasteiger partial charge on any atom is 0.412 e. The van der Waals surface area contributed by atoms with E-state index in [0.717, 1.165) is 16.5 Å². The van der Waals surface area contributed by atoms with Crippen LogP contribution in [0.15, 0.2) is 24.3 Å². The number of rotatable bonds is 3. The van der Waals surface area contributed by atoms with Gasteiger partial charge in [-0.25, -0.2) is 4.79 Å². The van der Waals surface area contributed by atoms with Crippen LogP contribution in [0.3, 0.4) is 0 Å². The Kier molecular flexibility index (Phi) is 5.24. The number of aryl methyl sites for hydroxylation is 1. The molecule has 0 saturated heterocycles. The third-order valence-corrected chi connectivity index (χ3v) is 2.52. The van der Waals surface area contributed by atoms with Crippen molar-refractivity contribution < 1.29 is 9.53 Å². The van der Waals surface area contributed by atoms with E-state index in [-0.39, 0.29) is 0 Å². The molecule has 1 aromatic rings. The SMILES string of the molecule is CC(C)(C)OC(=O)Nc1ccc(CCI)cc1. The Morgan fingerprint density at radius 1 is 1.29 bits per heavy atom. The lowest BCUT2D eigenvalue weighted by Gasteiger charge is -2.19. The zero-order valence-corrected chi connectivity index (χ0v) is 12.6. The number of hydrogen-bond acceptors (Lipinski definition) is 2. The lowest BCUT2D eigenvalue weighted by atomic mass is 10.1. The van der Waals surface area contributed by atoms with Gasteiger partial charge in [-0.15, -0.1) is 0 Å². The number of carbonyl (C=O) groups is 1. The first kappa shape index (κ1) is 14.3. The Morgan fingerprint density at radius 2 is 1.88 bits per heavy atom. The summed E-state index contributed by atoms with van der Waals surface area (Å²) in [6.45, 7) is 5.53. The molecular formula is C13H18INO2. The van der Waals surface area contributed by atoms with Crippen LogP contribution in [0.2, 0.25) is 0 Å². The molecule has 3 nitrogen and oxygen atoms in total. The van der Waals surface area contributed by atoms with Crippen molar-refractivity contribution in [1.29, 1.82) is 0 Å². The van der Waals surface area contributed by atoms with Crippen molar-refractivity contribution in [3.8, 4) is 0 Å². The van der Waals surface area contributed by atoms with Gasteiger partial charge in [0.2, 0.25) is 0 Å². The maximum absolute atomic E-state index is 11.5. The van der Waals surface area contributed by atoms with Crippen molar-refractivity contribution in [2.24, 2.45) is 0 Å². The first-order valence-corrected chi connectivity index (χ1v) is 7.08. The van der Waals surface area contributed by atoms with Crippen molar-refractivity contribution >= 4 is 34.4 Å². The van der Waals surface area contributed by atoms with Gasteiger partial charge < -0.3 is 4.74 Å². The highest BCUT2D eigenvalue weighted by Gasteiger charge is 2.15. The van der Waals surface area contributed by atoms with Crippen LogP contribution >= 0.6 is 22.6 Å². The summed E-state index contributed by atoms with van der Waals surface area (Å²) in [5, 5.41) is 2.70. The molecule has 0 radical (unpaired) electrons. The Labute approximate surface area is 116 Å². The summed E-state index contributed by atoms with van der Waals surface area (Å²) in [7, 11) is 0. The van der Waals surface area contributed by atoms with E-state index < -0.39 is 11.7 Å². The summed E-state index contributed by atoms with van der Waals surface area (Å²) in [4.78, 5) is 11.5. The predicted molar refractivity (Wildman–Crippen MR) is 78.9 cm³/mol.